The van der Waals surface area contributed by atoms with E-state index in [9.17, 15) is 4.79 Å². The molecule has 0 aliphatic heterocycles. The number of rotatable bonds is 5. The van der Waals surface area contributed by atoms with Crippen LogP contribution < -0.4 is 15.5 Å². The van der Waals surface area contributed by atoms with Gasteiger partial charge >= 0.3 is 6.03 Å². The topological polar surface area (TPSA) is 57.3 Å². The standard InChI is InChI=1S/C18H24N4O/c1-5-18(2,14-9-7-6-8-10-14)21-17(23)20-15-11-12-16(19-13-15)22(3)4/h6-13H,5H2,1-4H3,(H2,20,21,23). The van der Waals surface area contributed by atoms with Gasteiger partial charge in [-0.05, 0) is 31.0 Å². The van der Waals surface area contributed by atoms with E-state index in [4.69, 9.17) is 0 Å². The maximum atomic E-state index is 12.3. The van der Waals surface area contributed by atoms with Crippen molar-refractivity contribution in [2.75, 3.05) is 24.3 Å². The lowest BCUT2D eigenvalue weighted by Crippen LogP contribution is -2.45. The number of hydrogen-bond donors (Lipinski definition) is 2. The van der Waals surface area contributed by atoms with Gasteiger partial charge in [0.05, 0.1) is 17.4 Å². The van der Waals surface area contributed by atoms with Crippen molar-refractivity contribution in [1.29, 1.82) is 0 Å². The van der Waals surface area contributed by atoms with Crippen molar-refractivity contribution >= 4 is 17.5 Å². The predicted octanol–water partition coefficient (Wildman–Crippen LogP) is 3.59. The highest BCUT2D eigenvalue weighted by Gasteiger charge is 2.26. The summed E-state index contributed by atoms with van der Waals surface area (Å²) in [5, 5.41) is 5.89. The van der Waals surface area contributed by atoms with Gasteiger partial charge < -0.3 is 15.5 Å². The van der Waals surface area contributed by atoms with Crippen LogP contribution in [0, 0.1) is 0 Å². The van der Waals surface area contributed by atoms with Gasteiger partial charge in [-0.2, -0.15) is 0 Å². The molecule has 1 atom stereocenters. The number of nitrogens with zero attached hydrogens (tertiary/aromatic N) is 2. The van der Waals surface area contributed by atoms with Crippen LogP contribution >= 0.6 is 0 Å². The Labute approximate surface area is 137 Å². The number of carbonyl (C=O) groups excluding carboxylic acids is 1. The van der Waals surface area contributed by atoms with Gasteiger partial charge in [0, 0.05) is 14.1 Å². The number of amides is 2. The molecule has 0 fully saturated rings. The molecule has 1 unspecified atom stereocenters. The molecule has 122 valence electrons. The van der Waals surface area contributed by atoms with Crippen molar-refractivity contribution in [3.63, 3.8) is 0 Å². The second kappa shape index (κ2) is 7.13. The van der Waals surface area contributed by atoms with E-state index < -0.39 is 5.54 Å². The van der Waals surface area contributed by atoms with Crippen molar-refractivity contribution in [2.24, 2.45) is 0 Å². The number of urea groups is 1. The average Bonchev–Trinajstić information content (AvgIpc) is 2.56. The number of nitrogens with one attached hydrogen (secondary N) is 2. The highest BCUT2D eigenvalue weighted by Crippen LogP contribution is 2.24. The molecular formula is C18H24N4O. The van der Waals surface area contributed by atoms with E-state index in [1.54, 1.807) is 6.20 Å². The Hall–Kier alpha value is -2.56. The summed E-state index contributed by atoms with van der Waals surface area (Å²) in [5.74, 6) is 0.846. The van der Waals surface area contributed by atoms with E-state index >= 15 is 0 Å². The molecule has 2 aromatic rings. The Balaban J connectivity index is 2.05. The van der Waals surface area contributed by atoms with Crippen molar-refractivity contribution in [2.45, 2.75) is 25.8 Å². The molecule has 0 aliphatic carbocycles. The van der Waals surface area contributed by atoms with Gasteiger partial charge in [-0.25, -0.2) is 9.78 Å². The van der Waals surface area contributed by atoms with Crippen molar-refractivity contribution in [3.8, 4) is 0 Å². The summed E-state index contributed by atoms with van der Waals surface area (Å²) in [6.07, 6.45) is 2.45. The highest BCUT2D eigenvalue weighted by atomic mass is 16.2. The number of hydrogen-bond acceptors (Lipinski definition) is 3. The first-order chi connectivity index (χ1) is 10.9. The minimum atomic E-state index is -0.414. The summed E-state index contributed by atoms with van der Waals surface area (Å²) < 4.78 is 0. The first-order valence-electron chi connectivity index (χ1n) is 7.72. The lowest BCUT2D eigenvalue weighted by molar-refractivity contribution is 0.238. The lowest BCUT2D eigenvalue weighted by Gasteiger charge is -2.30. The van der Waals surface area contributed by atoms with E-state index in [0.717, 1.165) is 17.8 Å². The third kappa shape index (κ3) is 4.22. The summed E-state index contributed by atoms with van der Waals surface area (Å²) in [4.78, 5) is 18.5. The van der Waals surface area contributed by atoms with E-state index in [1.165, 1.54) is 0 Å². The number of carbonyl (C=O) groups is 1. The van der Waals surface area contributed by atoms with Crippen molar-refractivity contribution < 1.29 is 4.79 Å². The average molecular weight is 312 g/mol. The third-order valence-electron chi connectivity index (χ3n) is 3.97. The minimum absolute atomic E-state index is 0.238. The van der Waals surface area contributed by atoms with Gasteiger partial charge in [0.15, 0.2) is 0 Å². The summed E-state index contributed by atoms with van der Waals surface area (Å²) in [6.45, 7) is 4.08. The van der Waals surface area contributed by atoms with Gasteiger partial charge in [0.25, 0.3) is 0 Å². The molecule has 2 rings (SSSR count). The van der Waals surface area contributed by atoms with Crippen LogP contribution in [-0.2, 0) is 5.54 Å². The van der Waals surface area contributed by atoms with Crippen LogP contribution in [0.25, 0.3) is 0 Å². The normalized spacial score (nSPS) is 13.0. The summed E-state index contributed by atoms with van der Waals surface area (Å²) in [6, 6.07) is 13.4. The third-order valence-corrected chi connectivity index (χ3v) is 3.97. The Morgan fingerprint density at radius 1 is 1.17 bits per heavy atom. The van der Waals surface area contributed by atoms with Crippen LogP contribution in [0.2, 0.25) is 0 Å². The van der Waals surface area contributed by atoms with Crippen LogP contribution in [0.5, 0.6) is 0 Å². The summed E-state index contributed by atoms with van der Waals surface area (Å²) in [7, 11) is 3.85. The van der Waals surface area contributed by atoms with Gasteiger partial charge in [-0.1, -0.05) is 37.3 Å². The van der Waals surface area contributed by atoms with Crippen LogP contribution in [0.4, 0.5) is 16.3 Å². The SMILES string of the molecule is CCC(C)(NC(=O)Nc1ccc(N(C)C)nc1)c1ccccc1. The Bertz CT molecular complexity index is 640. The lowest BCUT2D eigenvalue weighted by atomic mass is 9.89. The fourth-order valence-corrected chi connectivity index (χ4v) is 2.31. The number of benzene rings is 1. The monoisotopic (exact) mass is 312 g/mol. The molecule has 1 aromatic carbocycles. The molecule has 0 saturated carbocycles. The van der Waals surface area contributed by atoms with E-state index in [-0.39, 0.29) is 6.03 Å². The van der Waals surface area contributed by atoms with E-state index in [1.807, 2.05) is 68.4 Å². The van der Waals surface area contributed by atoms with Crippen molar-refractivity contribution in [1.82, 2.24) is 10.3 Å². The van der Waals surface area contributed by atoms with Gasteiger partial charge in [-0.3, -0.25) is 0 Å². The second-order valence-electron chi connectivity index (χ2n) is 5.93. The molecule has 5 nitrogen and oxygen atoms in total. The fourth-order valence-electron chi connectivity index (χ4n) is 2.31. The van der Waals surface area contributed by atoms with E-state index in [2.05, 4.69) is 22.5 Å². The Morgan fingerprint density at radius 2 is 1.87 bits per heavy atom. The quantitative estimate of drug-likeness (QED) is 0.887. The first kappa shape index (κ1) is 16.8. The van der Waals surface area contributed by atoms with Crippen LogP contribution in [0.3, 0.4) is 0 Å². The molecule has 0 spiro atoms. The molecule has 0 radical (unpaired) electrons. The molecule has 0 aliphatic rings. The number of pyridine rings is 1. The summed E-state index contributed by atoms with van der Waals surface area (Å²) in [5.41, 5.74) is 1.33. The molecule has 1 aromatic heterocycles. The van der Waals surface area contributed by atoms with Gasteiger partial charge in [-0.15, -0.1) is 0 Å². The molecule has 0 saturated heterocycles. The molecule has 5 heteroatoms. The molecule has 2 N–H and O–H groups in total. The molecular weight excluding hydrogens is 288 g/mol. The molecule has 0 bridgehead atoms. The Morgan fingerprint density at radius 3 is 2.39 bits per heavy atom. The maximum Gasteiger partial charge on any atom is 0.319 e. The molecule has 23 heavy (non-hydrogen) atoms. The predicted molar refractivity (Wildman–Crippen MR) is 94.8 cm³/mol. The zero-order valence-corrected chi connectivity index (χ0v) is 14.1. The largest absolute Gasteiger partial charge is 0.363 e. The number of anilines is 2. The van der Waals surface area contributed by atoms with Gasteiger partial charge in [0.1, 0.15) is 5.82 Å². The zero-order valence-electron chi connectivity index (χ0n) is 14.1. The van der Waals surface area contributed by atoms with Crippen LogP contribution in [0.1, 0.15) is 25.8 Å². The summed E-state index contributed by atoms with van der Waals surface area (Å²) >= 11 is 0. The smallest absolute Gasteiger partial charge is 0.319 e. The van der Waals surface area contributed by atoms with Gasteiger partial charge in [0.2, 0.25) is 0 Å². The highest BCUT2D eigenvalue weighted by molar-refractivity contribution is 5.89. The van der Waals surface area contributed by atoms with Crippen LogP contribution in [-0.4, -0.2) is 25.1 Å². The van der Waals surface area contributed by atoms with E-state index in [0.29, 0.717) is 5.69 Å². The number of aromatic nitrogens is 1. The maximum absolute atomic E-state index is 12.3. The Kier molecular flexibility index (Phi) is 5.21. The first-order valence-corrected chi connectivity index (χ1v) is 7.72. The van der Waals surface area contributed by atoms with Crippen LogP contribution in [0.15, 0.2) is 48.7 Å². The zero-order chi connectivity index (χ0) is 16.9. The second-order valence-corrected chi connectivity index (χ2v) is 5.93. The molecule has 2 amide bonds. The minimum Gasteiger partial charge on any atom is -0.363 e. The fraction of sp³-hybridized carbons (Fsp3) is 0.333. The van der Waals surface area contributed by atoms with Crippen molar-refractivity contribution in [3.05, 3.63) is 54.2 Å². The molecule has 1 heterocycles.